The Balaban J connectivity index is 2.11. The number of rotatable bonds is 6. The second kappa shape index (κ2) is 8.77. The van der Waals surface area contributed by atoms with Crippen molar-refractivity contribution in [3.63, 3.8) is 0 Å². The lowest BCUT2D eigenvalue weighted by atomic mass is 10.1. The lowest BCUT2D eigenvalue weighted by Crippen LogP contribution is -2.13. The molecule has 0 aliphatic carbocycles. The Labute approximate surface area is 154 Å². The Kier molecular flexibility index (Phi) is 6.46. The van der Waals surface area contributed by atoms with Crippen LogP contribution >= 0.6 is 11.6 Å². The van der Waals surface area contributed by atoms with E-state index in [0.717, 1.165) is 11.6 Å². The van der Waals surface area contributed by atoms with Gasteiger partial charge in [0.15, 0.2) is 0 Å². The molecule has 8 heteroatoms. The number of amides is 1. The molecule has 1 N–H and O–H groups in total. The van der Waals surface area contributed by atoms with Gasteiger partial charge in [-0.15, -0.1) is 0 Å². The van der Waals surface area contributed by atoms with Crippen LogP contribution in [0.25, 0.3) is 6.08 Å². The fraction of sp³-hybridized carbons (Fsp3) is 0.111. The number of ether oxygens (including phenoxy) is 1. The van der Waals surface area contributed by atoms with Crippen LogP contribution in [-0.4, -0.2) is 23.4 Å². The van der Waals surface area contributed by atoms with Crippen molar-refractivity contribution >= 4 is 40.9 Å². The molecule has 0 aliphatic heterocycles. The van der Waals surface area contributed by atoms with Gasteiger partial charge in [-0.1, -0.05) is 23.7 Å². The first-order valence-electron chi connectivity index (χ1n) is 7.61. The fourth-order valence-corrected chi connectivity index (χ4v) is 2.24. The number of esters is 1. The van der Waals surface area contributed by atoms with E-state index >= 15 is 0 Å². The summed E-state index contributed by atoms with van der Waals surface area (Å²) in [4.78, 5) is 34.0. The smallest absolute Gasteiger partial charge is 0.330 e. The third-order valence-corrected chi connectivity index (χ3v) is 3.50. The molecule has 0 aliphatic rings. The van der Waals surface area contributed by atoms with Crippen LogP contribution < -0.4 is 5.32 Å². The predicted molar refractivity (Wildman–Crippen MR) is 98.2 cm³/mol. The molecule has 2 rings (SSSR count). The topological polar surface area (TPSA) is 98.5 Å². The van der Waals surface area contributed by atoms with Gasteiger partial charge in [-0.25, -0.2) is 4.79 Å². The van der Waals surface area contributed by atoms with E-state index in [1.54, 1.807) is 37.3 Å². The molecule has 0 bridgehead atoms. The summed E-state index contributed by atoms with van der Waals surface area (Å²) in [7, 11) is 0. The molecule has 2 aromatic carbocycles. The highest BCUT2D eigenvalue weighted by molar-refractivity contribution is 6.31. The summed E-state index contributed by atoms with van der Waals surface area (Å²) >= 11 is 5.74. The zero-order chi connectivity index (χ0) is 19.1. The zero-order valence-electron chi connectivity index (χ0n) is 13.8. The molecule has 0 heterocycles. The van der Waals surface area contributed by atoms with Crippen molar-refractivity contribution in [1.29, 1.82) is 0 Å². The molecule has 26 heavy (non-hydrogen) atoms. The number of anilines is 1. The van der Waals surface area contributed by atoms with Gasteiger partial charge in [0.25, 0.3) is 11.6 Å². The highest BCUT2D eigenvalue weighted by Gasteiger charge is 2.20. The first-order chi connectivity index (χ1) is 12.4. The lowest BCUT2D eigenvalue weighted by molar-refractivity contribution is -0.385. The molecule has 0 saturated heterocycles. The molecule has 134 valence electrons. The summed E-state index contributed by atoms with van der Waals surface area (Å²) in [6.07, 6.45) is 2.88. The van der Waals surface area contributed by atoms with E-state index in [9.17, 15) is 19.7 Å². The molecule has 0 spiro atoms. The van der Waals surface area contributed by atoms with E-state index < -0.39 is 16.8 Å². The molecular formula is C18H15ClN2O5. The average molecular weight is 375 g/mol. The predicted octanol–water partition coefficient (Wildman–Crippen LogP) is 4.08. The number of nitro benzene ring substituents is 1. The van der Waals surface area contributed by atoms with Gasteiger partial charge in [0.2, 0.25) is 0 Å². The molecule has 0 aromatic heterocycles. The average Bonchev–Trinajstić information content (AvgIpc) is 2.61. The Morgan fingerprint density at radius 2 is 1.92 bits per heavy atom. The first kappa shape index (κ1) is 19.1. The molecule has 0 atom stereocenters. The van der Waals surface area contributed by atoms with E-state index in [1.165, 1.54) is 18.2 Å². The molecule has 2 aromatic rings. The summed E-state index contributed by atoms with van der Waals surface area (Å²) in [6, 6.07) is 10.4. The maximum absolute atomic E-state index is 12.3. The molecule has 0 fully saturated rings. The minimum Gasteiger partial charge on any atom is -0.463 e. The Bertz CT molecular complexity index is 862. The number of halogens is 1. The molecule has 0 unspecified atom stereocenters. The fourth-order valence-electron chi connectivity index (χ4n) is 2.08. The van der Waals surface area contributed by atoms with Crippen LogP contribution in [0.1, 0.15) is 22.8 Å². The van der Waals surface area contributed by atoms with Crippen molar-refractivity contribution in [1.82, 2.24) is 0 Å². The van der Waals surface area contributed by atoms with Gasteiger partial charge in [-0.05, 0) is 42.8 Å². The zero-order valence-corrected chi connectivity index (χ0v) is 14.5. The number of nitrogens with zero attached hydrogens (tertiary/aromatic N) is 1. The van der Waals surface area contributed by atoms with E-state index in [-0.39, 0.29) is 16.3 Å². The van der Waals surface area contributed by atoms with Gasteiger partial charge in [-0.3, -0.25) is 14.9 Å². The number of nitro groups is 1. The van der Waals surface area contributed by atoms with Crippen LogP contribution in [0.2, 0.25) is 5.02 Å². The van der Waals surface area contributed by atoms with Crippen LogP contribution in [0.5, 0.6) is 0 Å². The normalized spacial score (nSPS) is 10.5. The third kappa shape index (κ3) is 5.15. The van der Waals surface area contributed by atoms with Crippen LogP contribution in [0.4, 0.5) is 11.4 Å². The number of carbonyl (C=O) groups excluding carboxylic acids is 2. The van der Waals surface area contributed by atoms with Gasteiger partial charge in [0, 0.05) is 22.9 Å². The maximum Gasteiger partial charge on any atom is 0.330 e. The van der Waals surface area contributed by atoms with Gasteiger partial charge in [0.1, 0.15) is 5.56 Å². The molecule has 7 nitrogen and oxygen atoms in total. The van der Waals surface area contributed by atoms with Crippen LogP contribution in [0, 0.1) is 10.1 Å². The van der Waals surface area contributed by atoms with E-state index in [1.807, 2.05) is 0 Å². The van der Waals surface area contributed by atoms with E-state index in [0.29, 0.717) is 12.3 Å². The van der Waals surface area contributed by atoms with Crippen molar-refractivity contribution < 1.29 is 19.2 Å². The number of benzene rings is 2. The third-order valence-electron chi connectivity index (χ3n) is 3.27. The quantitative estimate of drug-likeness (QED) is 0.355. The minimum atomic E-state index is -0.663. The Morgan fingerprint density at radius 1 is 1.23 bits per heavy atom. The van der Waals surface area contributed by atoms with Crippen LogP contribution in [0.15, 0.2) is 48.5 Å². The number of hydrogen-bond donors (Lipinski definition) is 1. The summed E-state index contributed by atoms with van der Waals surface area (Å²) in [6.45, 7) is 2.01. The standard InChI is InChI=1S/C18H15ClN2O5/c1-2-26-17(22)10-5-12-3-7-14(8-4-12)20-18(23)15-9-6-13(19)11-16(15)21(24)25/h3-11H,2H2,1H3,(H,20,23)/b10-5+. The number of carbonyl (C=O) groups is 2. The van der Waals surface area contributed by atoms with Gasteiger partial charge in [-0.2, -0.15) is 0 Å². The largest absolute Gasteiger partial charge is 0.463 e. The van der Waals surface area contributed by atoms with Crippen molar-refractivity contribution in [2.24, 2.45) is 0 Å². The highest BCUT2D eigenvalue weighted by atomic mass is 35.5. The highest BCUT2D eigenvalue weighted by Crippen LogP contribution is 2.24. The SMILES string of the molecule is CCOC(=O)/C=C/c1ccc(NC(=O)c2ccc(Cl)cc2[N+](=O)[O-])cc1. The lowest BCUT2D eigenvalue weighted by Gasteiger charge is -2.06. The summed E-state index contributed by atoms with van der Waals surface area (Å²) < 4.78 is 4.78. The monoisotopic (exact) mass is 374 g/mol. The number of hydrogen-bond acceptors (Lipinski definition) is 5. The Morgan fingerprint density at radius 3 is 2.54 bits per heavy atom. The summed E-state index contributed by atoms with van der Waals surface area (Å²) in [5.41, 5.74) is 0.718. The molecule has 1 amide bonds. The molecule has 0 saturated carbocycles. The Hall–Kier alpha value is -3.19. The van der Waals surface area contributed by atoms with Crippen molar-refractivity contribution in [3.8, 4) is 0 Å². The van der Waals surface area contributed by atoms with Crippen molar-refractivity contribution in [2.75, 3.05) is 11.9 Å². The van der Waals surface area contributed by atoms with Crippen LogP contribution in [0.3, 0.4) is 0 Å². The van der Waals surface area contributed by atoms with Gasteiger partial charge < -0.3 is 10.1 Å². The minimum absolute atomic E-state index is 0.0920. The second-order valence-corrected chi connectivity index (χ2v) is 5.52. The van der Waals surface area contributed by atoms with E-state index in [4.69, 9.17) is 16.3 Å². The summed E-state index contributed by atoms with van der Waals surface area (Å²) in [5.74, 6) is -1.07. The summed E-state index contributed by atoms with van der Waals surface area (Å²) in [5, 5.41) is 13.8. The number of nitrogens with one attached hydrogen (secondary N) is 1. The molecular weight excluding hydrogens is 360 g/mol. The first-order valence-corrected chi connectivity index (χ1v) is 7.98. The van der Waals surface area contributed by atoms with Gasteiger partial charge in [0.05, 0.1) is 11.5 Å². The molecule has 0 radical (unpaired) electrons. The maximum atomic E-state index is 12.3. The van der Waals surface area contributed by atoms with Gasteiger partial charge >= 0.3 is 5.97 Å². The van der Waals surface area contributed by atoms with E-state index in [2.05, 4.69) is 5.32 Å². The van der Waals surface area contributed by atoms with Crippen LogP contribution in [-0.2, 0) is 9.53 Å². The van der Waals surface area contributed by atoms with Crippen molar-refractivity contribution in [2.45, 2.75) is 6.92 Å². The van der Waals surface area contributed by atoms with Crippen molar-refractivity contribution in [3.05, 3.63) is 74.8 Å². The second-order valence-electron chi connectivity index (χ2n) is 5.08.